The third kappa shape index (κ3) is 3.40. The summed E-state index contributed by atoms with van der Waals surface area (Å²) in [5.74, 6) is -0.116. The van der Waals surface area contributed by atoms with Crippen LogP contribution in [-0.4, -0.2) is 30.5 Å². The standard InChI is InChI=1S/C15H15ClN6O/c1-10-7-13(19-21(10)2)14(23)18-15-17-9-22(20-15)8-11-5-3-4-6-12(11)16/h3-7,9H,8H2,1-2H3,(H,18,20,23). The molecule has 3 aromatic rings. The minimum Gasteiger partial charge on any atom is -0.288 e. The van der Waals surface area contributed by atoms with E-state index in [9.17, 15) is 4.79 Å². The number of carbonyl (C=O) groups excluding carboxylic acids is 1. The van der Waals surface area contributed by atoms with Crippen LogP contribution in [0.25, 0.3) is 0 Å². The van der Waals surface area contributed by atoms with Crippen LogP contribution in [0.3, 0.4) is 0 Å². The summed E-state index contributed by atoms with van der Waals surface area (Å²) in [6, 6.07) is 9.22. The minimum atomic E-state index is -0.343. The van der Waals surface area contributed by atoms with Crippen LogP contribution in [-0.2, 0) is 13.6 Å². The van der Waals surface area contributed by atoms with Gasteiger partial charge in [-0.25, -0.2) is 9.67 Å². The highest BCUT2D eigenvalue weighted by Gasteiger charge is 2.13. The monoisotopic (exact) mass is 330 g/mol. The molecular weight excluding hydrogens is 316 g/mol. The zero-order valence-corrected chi connectivity index (χ0v) is 13.4. The zero-order valence-electron chi connectivity index (χ0n) is 12.7. The first-order chi connectivity index (χ1) is 11.0. The minimum absolute atomic E-state index is 0.227. The van der Waals surface area contributed by atoms with Crippen molar-refractivity contribution in [3.8, 4) is 0 Å². The molecule has 7 nitrogen and oxygen atoms in total. The number of hydrogen-bond acceptors (Lipinski definition) is 4. The lowest BCUT2D eigenvalue weighted by Crippen LogP contribution is -2.14. The highest BCUT2D eigenvalue weighted by Crippen LogP contribution is 2.16. The molecule has 0 aliphatic heterocycles. The third-order valence-electron chi connectivity index (χ3n) is 3.40. The topological polar surface area (TPSA) is 77.6 Å². The van der Waals surface area contributed by atoms with Crippen LogP contribution in [0.15, 0.2) is 36.7 Å². The molecule has 0 bridgehead atoms. The summed E-state index contributed by atoms with van der Waals surface area (Å²) in [7, 11) is 1.78. The molecule has 0 saturated heterocycles. The fraction of sp³-hybridized carbons (Fsp3) is 0.200. The van der Waals surface area contributed by atoms with Gasteiger partial charge < -0.3 is 0 Å². The van der Waals surface area contributed by atoms with Gasteiger partial charge in [0.1, 0.15) is 6.33 Å². The smallest absolute Gasteiger partial charge is 0.278 e. The van der Waals surface area contributed by atoms with E-state index in [2.05, 4.69) is 20.5 Å². The number of amides is 1. The van der Waals surface area contributed by atoms with Gasteiger partial charge >= 0.3 is 0 Å². The van der Waals surface area contributed by atoms with Gasteiger partial charge in [0.05, 0.1) is 6.54 Å². The Hall–Kier alpha value is -2.67. The molecule has 23 heavy (non-hydrogen) atoms. The summed E-state index contributed by atoms with van der Waals surface area (Å²) in [5, 5.41) is 11.6. The summed E-state index contributed by atoms with van der Waals surface area (Å²) >= 11 is 6.12. The number of halogens is 1. The number of carbonyl (C=O) groups is 1. The van der Waals surface area contributed by atoms with Gasteiger partial charge in [-0.2, -0.15) is 5.10 Å². The Balaban J connectivity index is 1.70. The first-order valence-corrected chi connectivity index (χ1v) is 7.35. The van der Waals surface area contributed by atoms with Crippen LogP contribution < -0.4 is 5.32 Å². The number of nitrogens with one attached hydrogen (secondary N) is 1. The number of aromatic nitrogens is 5. The van der Waals surface area contributed by atoms with Crippen LogP contribution >= 0.6 is 11.6 Å². The van der Waals surface area contributed by atoms with Gasteiger partial charge in [-0.3, -0.25) is 14.8 Å². The van der Waals surface area contributed by atoms with Crippen molar-refractivity contribution in [1.29, 1.82) is 0 Å². The average Bonchev–Trinajstić information content (AvgIpc) is 3.09. The third-order valence-corrected chi connectivity index (χ3v) is 3.77. The maximum atomic E-state index is 12.1. The van der Waals surface area contributed by atoms with Crippen molar-refractivity contribution in [1.82, 2.24) is 24.5 Å². The highest BCUT2D eigenvalue weighted by atomic mass is 35.5. The van der Waals surface area contributed by atoms with Crippen molar-refractivity contribution in [2.75, 3.05) is 5.32 Å². The summed E-state index contributed by atoms with van der Waals surface area (Å²) in [6.07, 6.45) is 1.54. The molecule has 8 heteroatoms. The van der Waals surface area contributed by atoms with Crippen molar-refractivity contribution >= 4 is 23.5 Å². The average molecular weight is 331 g/mol. The van der Waals surface area contributed by atoms with E-state index in [0.717, 1.165) is 11.3 Å². The molecule has 0 saturated carbocycles. The van der Waals surface area contributed by atoms with Gasteiger partial charge in [0.25, 0.3) is 5.91 Å². The van der Waals surface area contributed by atoms with E-state index < -0.39 is 0 Å². The van der Waals surface area contributed by atoms with E-state index in [4.69, 9.17) is 11.6 Å². The van der Waals surface area contributed by atoms with Crippen molar-refractivity contribution in [2.24, 2.45) is 7.05 Å². The van der Waals surface area contributed by atoms with Crippen LogP contribution in [0.5, 0.6) is 0 Å². The molecule has 2 heterocycles. The number of benzene rings is 1. The molecule has 0 aliphatic carbocycles. The highest BCUT2D eigenvalue weighted by molar-refractivity contribution is 6.31. The van der Waals surface area contributed by atoms with Gasteiger partial charge in [0, 0.05) is 17.8 Å². The van der Waals surface area contributed by atoms with E-state index in [1.807, 2.05) is 31.2 Å². The van der Waals surface area contributed by atoms with Crippen LogP contribution in [0, 0.1) is 6.92 Å². The lowest BCUT2D eigenvalue weighted by molar-refractivity contribution is 0.102. The van der Waals surface area contributed by atoms with Crippen LogP contribution in [0.4, 0.5) is 5.95 Å². The normalized spacial score (nSPS) is 10.7. The number of rotatable bonds is 4. The Bertz CT molecular complexity index is 834. The molecule has 0 aliphatic rings. The Morgan fingerprint density at radius 3 is 2.78 bits per heavy atom. The first-order valence-electron chi connectivity index (χ1n) is 6.98. The van der Waals surface area contributed by atoms with Crippen LogP contribution in [0.2, 0.25) is 5.02 Å². The maximum absolute atomic E-state index is 12.1. The van der Waals surface area contributed by atoms with Crippen molar-refractivity contribution in [2.45, 2.75) is 13.5 Å². The Kier molecular flexibility index (Phi) is 4.12. The Labute approximate surface area is 137 Å². The molecule has 0 unspecified atom stereocenters. The number of aryl methyl sites for hydroxylation is 2. The quantitative estimate of drug-likeness (QED) is 0.796. The largest absolute Gasteiger partial charge is 0.288 e. The van der Waals surface area contributed by atoms with E-state index >= 15 is 0 Å². The molecule has 1 aromatic carbocycles. The fourth-order valence-electron chi connectivity index (χ4n) is 2.07. The van der Waals surface area contributed by atoms with Gasteiger partial charge in [-0.15, -0.1) is 5.10 Å². The number of anilines is 1. The molecule has 0 radical (unpaired) electrons. The summed E-state index contributed by atoms with van der Waals surface area (Å²) in [5.41, 5.74) is 2.15. The van der Waals surface area contributed by atoms with Crippen molar-refractivity contribution < 1.29 is 4.79 Å². The SMILES string of the molecule is Cc1cc(C(=O)Nc2ncn(Cc3ccccc3Cl)n2)nn1C. The fourth-order valence-corrected chi connectivity index (χ4v) is 2.26. The molecule has 2 aromatic heterocycles. The molecule has 1 N–H and O–H groups in total. The lowest BCUT2D eigenvalue weighted by Gasteiger charge is -2.03. The zero-order chi connectivity index (χ0) is 16.4. The number of nitrogens with zero attached hydrogens (tertiary/aromatic N) is 5. The summed E-state index contributed by atoms with van der Waals surface area (Å²) < 4.78 is 3.25. The molecule has 3 rings (SSSR count). The Morgan fingerprint density at radius 2 is 2.09 bits per heavy atom. The number of hydrogen-bond donors (Lipinski definition) is 1. The van der Waals surface area contributed by atoms with Gasteiger partial charge in [0.15, 0.2) is 5.69 Å². The molecule has 0 spiro atoms. The van der Waals surface area contributed by atoms with Gasteiger partial charge in [-0.1, -0.05) is 29.8 Å². The lowest BCUT2D eigenvalue weighted by atomic mass is 10.2. The van der Waals surface area contributed by atoms with E-state index in [-0.39, 0.29) is 11.9 Å². The Morgan fingerprint density at radius 1 is 1.30 bits per heavy atom. The summed E-state index contributed by atoms with van der Waals surface area (Å²) in [6.45, 7) is 2.35. The molecular formula is C15H15ClN6O. The van der Waals surface area contributed by atoms with Gasteiger partial charge in [-0.05, 0) is 24.6 Å². The predicted octanol–water partition coefficient (Wildman–Crippen LogP) is 2.27. The second kappa shape index (κ2) is 6.21. The van der Waals surface area contributed by atoms with Crippen LogP contribution in [0.1, 0.15) is 21.7 Å². The van der Waals surface area contributed by atoms with E-state index in [1.165, 1.54) is 0 Å². The molecule has 0 fully saturated rings. The van der Waals surface area contributed by atoms with Gasteiger partial charge in [0.2, 0.25) is 5.95 Å². The van der Waals surface area contributed by atoms with Crippen molar-refractivity contribution in [3.63, 3.8) is 0 Å². The molecule has 118 valence electrons. The van der Waals surface area contributed by atoms with E-state index in [0.29, 0.717) is 17.3 Å². The molecule has 0 atom stereocenters. The summed E-state index contributed by atoms with van der Waals surface area (Å²) in [4.78, 5) is 16.2. The van der Waals surface area contributed by atoms with Crippen molar-refractivity contribution in [3.05, 3.63) is 58.6 Å². The predicted molar refractivity (Wildman–Crippen MR) is 86.5 cm³/mol. The maximum Gasteiger partial charge on any atom is 0.278 e. The molecule has 1 amide bonds. The second-order valence-corrected chi connectivity index (χ2v) is 5.51. The first kappa shape index (κ1) is 15.2. The van der Waals surface area contributed by atoms with E-state index in [1.54, 1.807) is 28.8 Å². The second-order valence-electron chi connectivity index (χ2n) is 5.11.